The number of ether oxygens (including phenoxy) is 1. The van der Waals surface area contributed by atoms with Crippen LogP contribution in [0.15, 0.2) is 47.4 Å². The van der Waals surface area contributed by atoms with E-state index in [0.29, 0.717) is 34.7 Å². The summed E-state index contributed by atoms with van der Waals surface area (Å²) in [6.45, 7) is 1.11. The van der Waals surface area contributed by atoms with Gasteiger partial charge in [-0.15, -0.1) is 0 Å². The molecule has 0 radical (unpaired) electrons. The van der Waals surface area contributed by atoms with Crippen molar-refractivity contribution in [3.8, 4) is 5.75 Å². The minimum Gasteiger partial charge on any atom is -0.495 e. The normalized spacial score (nSPS) is 15.1. The van der Waals surface area contributed by atoms with Gasteiger partial charge >= 0.3 is 0 Å². The second-order valence-electron chi connectivity index (χ2n) is 6.42. The quantitative estimate of drug-likeness (QED) is 0.675. The molecule has 9 heteroatoms. The Kier molecular flexibility index (Phi) is 6.77. The number of rotatable bonds is 5. The minimum absolute atomic E-state index is 0.213. The average molecular weight is 440 g/mol. The van der Waals surface area contributed by atoms with Gasteiger partial charge in [0.15, 0.2) is 5.11 Å². The number of halogens is 1. The molecule has 3 rings (SSSR count). The van der Waals surface area contributed by atoms with Crippen LogP contribution in [0.5, 0.6) is 5.75 Å². The number of benzene rings is 2. The highest BCUT2D eigenvalue weighted by Gasteiger charge is 2.26. The Hall–Kier alpha value is -1.87. The lowest BCUT2D eigenvalue weighted by molar-refractivity contribution is 0.346. The summed E-state index contributed by atoms with van der Waals surface area (Å²) >= 11 is 11.3. The third-order valence-electron chi connectivity index (χ3n) is 4.46. The number of hydrogen-bond acceptors (Lipinski definition) is 4. The van der Waals surface area contributed by atoms with Gasteiger partial charge in [0, 0.05) is 29.9 Å². The molecule has 1 saturated heterocycles. The average Bonchev–Trinajstić information content (AvgIpc) is 2.68. The molecule has 1 heterocycles. The molecule has 1 aliphatic rings. The van der Waals surface area contributed by atoms with Crippen molar-refractivity contribution in [2.24, 2.45) is 0 Å². The van der Waals surface area contributed by atoms with E-state index in [0.717, 1.165) is 24.9 Å². The minimum atomic E-state index is -3.53. The van der Waals surface area contributed by atoms with Crippen LogP contribution in [-0.4, -0.2) is 38.0 Å². The van der Waals surface area contributed by atoms with Gasteiger partial charge in [-0.1, -0.05) is 24.1 Å². The summed E-state index contributed by atoms with van der Waals surface area (Å²) in [6, 6.07) is 11.9. The van der Waals surface area contributed by atoms with Gasteiger partial charge in [0.1, 0.15) is 5.75 Å². The van der Waals surface area contributed by atoms with Gasteiger partial charge in [0.05, 0.1) is 17.7 Å². The third kappa shape index (κ3) is 4.94. The van der Waals surface area contributed by atoms with Crippen LogP contribution in [0.25, 0.3) is 0 Å². The number of thiocarbonyl (C=S) groups is 1. The molecule has 1 aliphatic heterocycles. The maximum absolute atomic E-state index is 12.9. The van der Waals surface area contributed by atoms with Crippen molar-refractivity contribution < 1.29 is 13.2 Å². The zero-order valence-corrected chi connectivity index (χ0v) is 17.8. The number of nitrogens with one attached hydrogen (secondary N) is 2. The van der Waals surface area contributed by atoms with E-state index < -0.39 is 10.0 Å². The van der Waals surface area contributed by atoms with Gasteiger partial charge in [-0.3, -0.25) is 0 Å². The van der Waals surface area contributed by atoms with E-state index in [1.54, 1.807) is 24.3 Å². The molecule has 0 atom stereocenters. The molecule has 2 aromatic rings. The molecule has 0 spiro atoms. The van der Waals surface area contributed by atoms with E-state index in [-0.39, 0.29) is 4.90 Å². The fourth-order valence-corrected chi connectivity index (χ4v) is 4.99. The highest BCUT2D eigenvalue weighted by molar-refractivity contribution is 7.89. The second kappa shape index (κ2) is 9.09. The topological polar surface area (TPSA) is 70.7 Å². The first-order chi connectivity index (χ1) is 13.4. The van der Waals surface area contributed by atoms with E-state index in [2.05, 4.69) is 10.6 Å². The van der Waals surface area contributed by atoms with Crippen molar-refractivity contribution in [2.45, 2.75) is 24.2 Å². The summed E-state index contributed by atoms with van der Waals surface area (Å²) < 4.78 is 32.6. The molecule has 0 unspecified atom stereocenters. The molecular formula is C19H22ClN3O3S2. The Balaban J connectivity index is 1.76. The van der Waals surface area contributed by atoms with Crippen LogP contribution >= 0.6 is 23.8 Å². The predicted octanol–water partition coefficient (Wildman–Crippen LogP) is 4.33. The van der Waals surface area contributed by atoms with Crippen LogP contribution in [0.2, 0.25) is 5.02 Å². The van der Waals surface area contributed by atoms with Crippen molar-refractivity contribution >= 4 is 50.3 Å². The molecule has 0 amide bonds. The van der Waals surface area contributed by atoms with E-state index in [4.69, 9.17) is 28.6 Å². The number of methoxy groups -OCH3 is 1. The van der Waals surface area contributed by atoms with Crippen LogP contribution in [-0.2, 0) is 10.0 Å². The first kappa shape index (κ1) is 20.9. The van der Waals surface area contributed by atoms with Crippen LogP contribution < -0.4 is 15.4 Å². The van der Waals surface area contributed by atoms with Gasteiger partial charge in [0.2, 0.25) is 10.0 Å². The zero-order chi connectivity index (χ0) is 20.1. The fourth-order valence-electron chi connectivity index (χ4n) is 3.04. The van der Waals surface area contributed by atoms with E-state index >= 15 is 0 Å². The highest BCUT2D eigenvalue weighted by atomic mass is 35.5. The molecule has 1 fully saturated rings. The zero-order valence-electron chi connectivity index (χ0n) is 15.4. The highest BCUT2D eigenvalue weighted by Crippen LogP contribution is 2.30. The van der Waals surface area contributed by atoms with Gasteiger partial charge < -0.3 is 15.4 Å². The van der Waals surface area contributed by atoms with Crippen LogP contribution in [0.3, 0.4) is 0 Å². The lowest BCUT2D eigenvalue weighted by Crippen LogP contribution is -2.35. The molecule has 28 heavy (non-hydrogen) atoms. The lowest BCUT2D eigenvalue weighted by Gasteiger charge is -2.26. The number of hydrogen-bond donors (Lipinski definition) is 2. The maximum atomic E-state index is 12.9. The molecule has 0 aliphatic carbocycles. The van der Waals surface area contributed by atoms with Gasteiger partial charge in [-0.25, -0.2) is 8.42 Å². The first-order valence-electron chi connectivity index (χ1n) is 8.92. The summed E-state index contributed by atoms with van der Waals surface area (Å²) in [4.78, 5) is 0.213. The van der Waals surface area contributed by atoms with E-state index in [1.807, 2.05) is 12.1 Å². The Morgan fingerprint density at radius 3 is 2.54 bits per heavy atom. The SMILES string of the molecule is COc1cc(S(=O)(=O)N2CCCCC2)ccc1NC(=S)Nc1cccc(Cl)c1. The van der Waals surface area contributed by atoms with Crippen molar-refractivity contribution in [2.75, 3.05) is 30.8 Å². The molecule has 2 N–H and O–H groups in total. The maximum Gasteiger partial charge on any atom is 0.243 e. The number of sulfonamides is 1. The first-order valence-corrected chi connectivity index (χ1v) is 11.1. The Morgan fingerprint density at radius 2 is 1.86 bits per heavy atom. The summed E-state index contributed by atoms with van der Waals surface area (Å²) in [5, 5.41) is 7.00. The van der Waals surface area contributed by atoms with Gasteiger partial charge in [-0.2, -0.15) is 4.31 Å². The van der Waals surface area contributed by atoms with E-state index in [9.17, 15) is 8.42 Å². The molecule has 2 aromatic carbocycles. The molecule has 0 aromatic heterocycles. The number of anilines is 2. The number of piperidine rings is 1. The molecular weight excluding hydrogens is 418 g/mol. The third-order valence-corrected chi connectivity index (χ3v) is 6.79. The Morgan fingerprint density at radius 1 is 1.11 bits per heavy atom. The van der Waals surface area contributed by atoms with Crippen LogP contribution in [0.4, 0.5) is 11.4 Å². The number of nitrogens with zero attached hydrogens (tertiary/aromatic N) is 1. The Labute approximate surface area is 175 Å². The Bertz CT molecular complexity index is 961. The lowest BCUT2D eigenvalue weighted by atomic mass is 10.2. The van der Waals surface area contributed by atoms with Crippen molar-refractivity contribution in [3.63, 3.8) is 0 Å². The summed E-state index contributed by atoms with van der Waals surface area (Å²) in [6.07, 6.45) is 2.84. The van der Waals surface area contributed by atoms with Crippen molar-refractivity contribution in [3.05, 3.63) is 47.5 Å². The second-order valence-corrected chi connectivity index (χ2v) is 9.20. The molecule has 0 bridgehead atoms. The van der Waals surface area contributed by atoms with E-state index in [1.165, 1.54) is 17.5 Å². The van der Waals surface area contributed by atoms with Gasteiger partial charge in [0.25, 0.3) is 0 Å². The smallest absolute Gasteiger partial charge is 0.243 e. The molecule has 150 valence electrons. The monoisotopic (exact) mass is 439 g/mol. The fraction of sp³-hybridized carbons (Fsp3) is 0.316. The predicted molar refractivity (Wildman–Crippen MR) is 117 cm³/mol. The van der Waals surface area contributed by atoms with Crippen molar-refractivity contribution in [1.29, 1.82) is 0 Å². The van der Waals surface area contributed by atoms with Crippen LogP contribution in [0.1, 0.15) is 19.3 Å². The summed E-state index contributed by atoms with van der Waals surface area (Å²) in [5.41, 5.74) is 1.31. The molecule has 6 nitrogen and oxygen atoms in total. The standard InChI is InChI=1S/C19H22ClN3O3S2/c1-26-18-13-16(28(24,25)23-10-3-2-4-11-23)8-9-17(18)22-19(27)21-15-7-5-6-14(20)12-15/h5-9,12-13H,2-4,10-11H2,1H3,(H2,21,22,27). The van der Waals surface area contributed by atoms with Crippen LogP contribution in [0, 0.1) is 0 Å². The van der Waals surface area contributed by atoms with Crippen molar-refractivity contribution in [1.82, 2.24) is 4.31 Å². The molecule has 0 saturated carbocycles. The van der Waals surface area contributed by atoms with Gasteiger partial charge in [-0.05, 0) is 55.4 Å². The largest absolute Gasteiger partial charge is 0.495 e. The summed E-state index contributed by atoms with van der Waals surface area (Å²) in [7, 11) is -2.04. The summed E-state index contributed by atoms with van der Waals surface area (Å²) in [5.74, 6) is 0.397.